The third kappa shape index (κ3) is 3.21. The van der Waals surface area contributed by atoms with Crippen LogP contribution in [0.25, 0.3) is 0 Å². The first-order valence-corrected chi connectivity index (χ1v) is 5.15. The Labute approximate surface area is 97.3 Å². The summed E-state index contributed by atoms with van der Waals surface area (Å²) < 4.78 is 6.00. The molecule has 0 heterocycles. The van der Waals surface area contributed by atoms with Crippen molar-refractivity contribution < 1.29 is 9.53 Å². The molecular formula is C10H13BrN2O2. The number of rotatable bonds is 3. The van der Waals surface area contributed by atoms with E-state index < -0.39 is 0 Å². The van der Waals surface area contributed by atoms with Gasteiger partial charge in [0.25, 0.3) is 5.91 Å². The van der Waals surface area contributed by atoms with E-state index in [4.69, 9.17) is 4.74 Å². The Bertz CT molecular complexity index is 366. The number of ether oxygens (including phenoxy) is 1. The molecule has 0 saturated heterocycles. The quantitative estimate of drug-likeness (QED) is 0.852. The van der Waals surface area contributed by atoms with Gasteiger partial charge in [0.2, 0.25) is 0 Å². The molecule has 4 nitrogen and oxygen atoms in total. The van der Waals surface area contributed by atoms with Gasteiger partial charge in [-0.15, -0.1) is 0 Å². The van der Waals surface area contributed by atoms with Gasteiger partial charge in [0.05, 0.1) is 12.7 Å². The van der Waals surface area contributed by atoms with Crippen LogP contribution in [0.3, 0.4) is 0 Å². The second-order valence-electron chi connectivity index (χ2n) is 3.18. The van der Waals surface area contributed by atoms with Crippen LogP contribution < -0.4 is 10.2 Å². The molecule has 0 radical (unpaired) electrons. The summed E-state index contributed by atoms with van der Waals surface area (Å²) in [7, 11) is 5.04. The molecule has 1 aromatic carbocycles. The summed E-state index contributed by atoms with van der Waals surface area (Å²) in [5.74, 6) is 0.355. The largest absolute Gasteiger partial charge is 0.496 e. The third-order valence-corrected chi connectivity index (χ3v) is 2.23. The number of nitrogens with zero attached hydrogens (tertiary/aromatic N) is 1. The van der Waals surface area contributed by atoms with E-state index in [1.807, 2.05) is 0 Å². The average Bonchev–Trinajstić information content (AvgIpc) is 2.16. The van der Waals surface area contributed by atoms with Crippen LogP contribution in [-0.4, -0.2) is 32.1 Å². The first kappa shape index (κ1) is 12.0. The molecule has 15 heavy (non-hydrogen) atoms. The van der Waals surface area contributed by atoms with E-state index in [9.17, 15) is 4.79 Å². The molecule has 82 valence electrons. The zero-order valence-corrected chi connectivity index (χ0v) is 10.5. The lowest BCUT2D eigenvalue weighted by Crippen LogP contribution is -2.36. The highest BCUT2D eigenvalue weighted by Gasteiger charge is 2.12. The number of halogens is 1. The Hall–Kier alpha value is -1.07. The SMILES string of the molecule is COc1cc(Br)ccc1C(=O)NN(C)C. The zero-order valence-electron chi connectivity index (χ0n) is 8.87. The fourth-order valence-corrected chi connectivity index (χ4v) is 1.46. The Kier molecular flexibility index (Phi) is 4.11. The van der Waals surface area contributed by atoms with Gasteiger partial charge in [0.15, 0.2) is 0 Å². The van der Waals surface area contributed by atoms with Gasteiger partial charge in [0, 0.05) is 18.6 Å². The second-order valence-corrected chi connectivity index (χ2v) is 4.10. The predicted molar refractivity (Wildman–Crippen MR) is 61.8 cm³/mol. The molecule has 5 heteroatoms. The van der Waals surface area contributed by atoms with E-state index in [1.165, 1.54) is 7.11 Å². The van der Waals surface area contributed by atoms with Crippen molar-refractivity contribution in [3.63, 3.8) is 0 Å². The zero-order chi connectivity index (χ0) is 11.4. The van der Waals surface area contributed by atoms with Crippen molar-refractivity contribution in [2.45, 2.75) is 0 Å². The van der Waals surface area contributed by atoms with E-state index in [-0.39, 0.29) is 5.91 Å². The fraction of sp³-hybridized carbons (Fsp3) is 0.300. The summed E-state index contributed by atoms with van der Waals surface area (Å²) in [5, 5.41) is 1.59. The topological polar surface area (TPSA) is 41.6 Å². The van der Waals surface area contributed by atoms with Crippen LogP contribution >= 0.6 is 15.9 Å². The van der Waals surface area contributed by atoms with E-state index in [0.717, 1.165) is 4.47 Å². The molecule has 1 N–H and O–H groups in total. The Morgan fingerprint density at radius 1 is 1.47 bits per heavy atom. The molecule has 0 fully saturated rings. The molecule has 0 aliphatic carbocycles. The van der Waals surface area contributed by atoms with E-state index in [2.05, 4.69) is 21.4 Å². The standard InChI is InChI=1S/C10H13BrN2O2/c1-13(2)12-10(14)8-5-4-7(11)6-9(8)15-3/h4-6H,1-3H3,(H,12,14). The van der Waals surface area contributed by atoms with Crippen LogP contribution in [0, 0.1) is 0 Å². The maximum absolute atomic E-state index is 11.7. The summed E-state index contributed by atoms with van der Waals surface area (Å²) in [6, 6.07) is 5.26. The van der Waals surface area contributed by atoms with Gasteiger partial charge in [-0.2, -0.15) is 0 Å². The van der Waals surface area contributed by atoms with Crippen LogP contribution in [0.4, 0.5) is 0 Å². The van der Waals surface area contributed by atoms with Crippen LogP contribution in [0.1, 0.15) is 10.4 Å². The smallest absolute Gasteiger partial charge is 0.269 e. The normalized spacial score (nSPS) is 10.2. The number of hydrogen-bond acceptors (Lipinski definition) is 3. The van der Waals surface area contributed by atoms with E-state index in [1.54, 1.807) is 37.3 Å². The van der Waals surface area contributed by atoms with Crippen molar-refractivity contribution in [3.8, 4) is 5.75 Å². The van der Waals surface area contributed by atoms with Crippen molar-refractivity contribution in [1.29, 1.82) is 0 Å². The highest BCUT2D eigenvalue weighted by Crippen LogP contribution is 2.23. The van der Waals surface area contributed by atoms with Crippen molar-refractivity contribution in [3.05, 3.63) is 28.2 Å². The minimum absolute atomic E-state index is 0.190. The van der Waals surface area contributed by atoms with Gasteiger partial charge in [-0.25, -0.2) is 5.01 Å². The van der Waals surface area contributed by atoms with Gasteiger partial charge in [-0.1, -0.05) is 15.9 Å². The van der Waals surface area contributed by atoms with E-state index in [0.29, 0.717) is 11.3 Å². The van der Waals surface area contributed by atoms with Gasteiger partial charge in [0.1, 0.15) is 5.75 Å². The van der Waals surface area contributed by atoms with Crippen LogP contribution in [-0.2, 0) is 0 Å². The average molecular weight is 273 g/mol. The fourth-order valence-electron chi connectivity index (χ4n) is 1.12. The maximum atomic E-state index is 11.7. The minimum atomic E-state index is -0.190. The molecule has 0 aromatic heterocycles. The summed E-state index contributed by atoms with van der Waals surface area (Å²) in [4.78, 5) is 11.7. The summed E-state index contributed by atoms with van der Waals surface area (Å²) in [5.41, 5.74) is 3.16. The lowest BCUT2D eigenvalue weighted by molar-refractivity contribution is 0.0854. The molecule has 0 aliphatic heterocycles. The number of nitrogens with one attached hydrogen (secondary N) is 1. The van der Waals surface area contributed by atoms with Crippen molar-refractivity contribution >= 4 is 21.8 Å². The number of methoxy groups -OCH3 is 1. The molecule has 0 aliphatic rings. The lowest BCUT2D eigenvalue weighted by Gasteiger charge is -2.13. The molecule has 0 atom stereocenters. The Morgan fingerprint density at radius 3 is 2.67 bits per heavy atom. The molecule has 0 spiro atoms. The van der Waals surface area contributed by atoms with Gasteiger partial charge in [-0.3, -0.25) is 10.2 Å². The third-order valence-electron chi connectivity index (χ3n) is 1.73. The van der Waals surface area contributed by atoms with Crippen LogP contribution in [0.2, 0.25) is 0 Å². The molecular weight excluding hydrogens is 260 g/mol. The number of hydrogen-bond donors (Lipinski definition) is 1. The summed E-state index contributed by atoms with van der Waals surface area (Å²) >= 11 is 3.31. The van der Waals surface area contributed by atoms with Crippen molar-refractivity contribution in [1.82, 2.24) is 10.4 Å². The Morgan fingerprint density at radius 2 is 2.13 bits per heavy atom. The van der Waals surface area contributed by atoms with Gasteiger partial charge in [-0.05, 0) is 18.2 Å². The monoisotopic (exact) mass is 272 g/mol. The van der Waals surface area contributed by atoms with Crippen molar-refractivity contribution in [2.24, 2.45) is 0 Å². The van der Waals surface area contributed by atoms with Crippen LogP contribution in [0.5, 0.6) is 5.75 Å². The summed E-state index contributed by atoms with van der Waals surface area (Å²) in [6.45, 7) is 0. The minimum Gasteiger partial charge on any atom is -0.496 e. The second kappa shape index (κ2) is 5.14. The first-order chi connectivity index (χ1) is 7.04. The summed E-state index contributed by atoms with van der Waals surface area (Å²) in [6.07, 6.45) is 0. The Balaban J connectivity index is 2.97. The highest BCUT2D eigenvalue weighted by molar-refractivity contribution is 9.10. The lowest BCUT2D eigenvalue weighted by atomic mass is 10.2. The maximum Gasteiger partial charge on any atom is 0.269 e. The molecule has 0 saturated carbocycles. The van der Waals surface area contributed by atoms with Crippen LogP contribution in [0.15, 0.2) is 22.7 Å². The number of carbonyl (C=O) groups is 1. The number of hydrazine groups is 1. The molecule has 0 unspecified atom stereocenters. The molecule has 1 rings (SSSR count). The molecule has 1 aromatic rings. The van der Waals surface area contributed by atoms with Gasteiger partial charge < -0.3 is 4.74 Å². The van der Waals surface area contributed by atoms with Gasteiger partial charge >= 0.3 is 0 Å². The predicted octanol–water partition coefficient (Wildman–Crippen LogP) is 1.66. The molecule has 0 bridgehead atoms. The highest BCUT2D eigenvalue weighted by atomic mass is 79.9. The number of amides is 1. The van der Waals surface area contributed by atoms with E-state index >= 15 is 0 Å². The molecule has 1 amide bonds. The first-order valence-electron chi connectivity index (χ1n) is 4.36. The van der Waals surface area contributed by atoms with Crippen molar-refractivity contribution in [2.75, 3.05) is 21.2 Å². The number of benzene rings is 1. The number of carbonyl (C=O) groups excluding carboxylic acids is 1.